The van der Waals surface area contributed by atoms with Crippen molar-refractivity contribution in [1.29, 1.82) is 0 Å². The second-order valence-electron chi connectivity index (χ2n) is 5.05. The molecule has 1 aliphatic heterocycles. The quantitative estimate of drug-likeness (QED) is 0.884. The minimum Gasteiger partial charge on any atom is -0.493 e. The van der Waals surface area contributed by atoms with Crippen molar-refractivity contribution in [3.63, 3.8) is 0 Å². The summed E-state index contributed by atoms with van der Waals surface area (Å²) in [6, 6.07) is 10.7. The minimum atomic E-state index is -3.63. The molecule has 0 amide bonds. The Kier molecular flexibility index (Phi) is 3.33. The first-order chi connectivity index (χ1) is 9.95. The highest BCUT2D eigenvalue weighted by molar-refractivity contribution is 7.91. The molecule has 0 fully saturated rings. The van der Waals surface area contributed by atoms with Crippen LogP contribution in [0, 0.1) is 5.82 Å². The number of rotatable bonds is 3. The van der Waals surface area contributed by atoms with Gasteiger partial charge in [0.25, 0.3) is 0 Å². The van der Waals surface area contributed by atoms with Gasteiger partial charge in [-0.15, -0.1) is 0 Å². The van der Waals surface area contributed by atoms with Gasteiger partial charge in [0.15, 0.2) is 9.84 Å². The SMILES string of the molecule is Nc1cc(F)cc(S(=O)(=O)CC2COc3ccccc32)c1. The Morgan fingerprint density at radius 3 is 2.76 bits per heavy atom. The molecule has 21 heavy (non-hydrogen) atoms. The van der Waals surface area contributed by atoms with Crippen molar-refractivity contribution >= 4 is 15.5 Å². The number of anilines is 1. The summed E-state index contributed by atoms with van der Waals surface area (Å²) < 4.78 is 43.7. The molecule has 4 nitrogen and oxygen atoms in total. The van der Waals surface area contributed by atoms with Gasteiger partial charge in [-0.25, -0.2) is 12.8 Å². The number of benzene rings is 2. The van der Waals surface area contributed by atoms with Gasteiger partial charge in [0.1, 0.15) is 11.6 Å². The summed E-state index contributed by atoms with van der Waals surface area (Å²) in [5.74, 6) is -0.337. The van der Waals surface area contributed by atoms with E-state index in [1.807, 2.05) is 24.3 Å². The number of ether oxygens (including phenoxy) is 1. The number of hydrogen-bond acceptors (Lipinski definition) is 4. The lowest BCUT2D eigenvalue weighted by molar-refractivity contribution is 0.337. The average molecular weight is 307 g/mol. The third-order valence-corrected chi connectivity index (χ3v) is 5.27. The fraction of sp³-hybridized carbons (Fsp3) is 0.200. The van der Waals surface area contributed by atoms with E-state index in [-0.39, 0.29) is 22.3 Å². The molecule has 1 unspecified atom stereocenters. The molecule has 0 saturated heterocycles. The predicted molar refractivity (Wildman–Crippen MR) is 77.5 cm³/mol. The highest BCUT2D eigenvalue weighted by atomic mass is 32.2. The molecule has 3 rings (SSSR count). The number of nitrogen functional groups attached to an aromatic ring is 1. The lowest BCUT2D eigenvalue weighted by atomic mass is 10.0. The smallest absolute Gasteiger partial charge is 0.179 e. The molecule has 0 aliphatic carbocycles. The largest absolute Gasteiger partial charge is 0.493 e. The second kappa shape index (κ2) is 5.04. The van der Waals surface area contributed by atoms with Gasteiger partial charge in [0, 0.05) is 17.2 Å². The predicted octanol–water partition coefficient (Wildman–Crippen LogP) is 2.36. The second-order valence-corrected chi connectivity index (χ2v) is 7.08. The van der Waals surface area contributed by atoms with Crippen LogP contribution in [0.25, 0.3) is 0 Å². The van der Waals surface area contributed by atoms with Crippen molar-refractivity contribution < 1.29 is 17.5 Å². The number of halogens is 1. The maximum absolute atomic E-state index is 13.3. The fourth-order valence-electron chi connectivity index (χ4n) is 2.49. The summed E-state index contributed by atoms with van der Waals surface area (Å²) in [6.07, 6.45) is 0. The number of para-hydroxylation sites is 1. The molecule has 2 aromatic carbocycles. The maximum atomic E-state index is 13.3. The molecular formula is C15H14FNO3S. The van der Waals surface area contributed by atoms with E-state index in [2.05, 4.69) is 0 Å². The monoisotopic (exact) mass is 307 g/mol. The molecule has 1 aliphatic rings. The topological polar surface area (TPSA) is 69.4 Å². The van der Waals surface area contributed by atoms with Crippen LogP contribution in [0.4, 0.5) is 10.1 Å². The zero-order valence-corrected chi connectivity index (χ0v) is 11.9. The van der Waals surface area contributed by atoms with Crippen LogP contribution < -0.4 is 10.5 Å². The van der Waals surface area contributed by atoms with Gasteiger partial charge in [-0.05, 0) is 24.3 Å². The molecule has 6 heteroatoms. The van der Waals surface area contributed by atoms with Crippen LogP contribution in [0.1, 0.15) is 11.5 Å². The molecule has 0 saturated carbocycles. The Balaban J connectivity index is 1.91. The number of nitrogens with two attached hydrogens (primary N) is 1. The third kappa shape index (κ3) is 2.71. The summed E-state index contributed by atoms with van der Waals surface area (Å²) in [5, 5.41) is 0. The van der Waals surface area contributed by atoms with E-state index in [9.17, 15) is 12.8 Å². The van der Waals surface area contributed by atoms with Gasteiger partial charge in [0.2, 0.25) is 0 Å². The normalized spacial score (nSPS) is 17.3. The zero-order valence-electron chi connectivity index (χ0n) is 11.1. The maximum Gasteiger partial charge on any atom is 0.179 e. The van der Waals surface area contributed by atoms with Gasteiger partial charge < -0.3 is 10.5 Å². The van der Waals surface area contributed by atoms with E-state index in [4.69, 9.17) is 10.5 Å². The summed E-state index contributed by atoms with van der Waals surface area (Å²) >= 11 is 0. The highest BCUT2D eigenvalue weighted by Gasteiger charge is 2.29. The first-order valence-electron chi connectivity index (χ1n) is 6.46. The average Bonchev–Trinajstić information content (AvgIpc) is 2.81. The molecular weight excluding hydrogens is 293 g/mol. The van der Waals surface area contributed by atoms with E-state index < -0.39 is 15.7 Å². The molecule has 0 aromatic heterocycles. The van der Waals surface area contributed by atoms with Crippen molar-refractivity contribution in [2.24, 2.45) is 0 Å². The van der Waals surface area contributed by atoms with Gasteiger partial charge in [-0.2, -0.15) is 0 Å². The highest BCUT2D eigenvalue weighted by Crippen LogP contribution is 2.35. The Labute approximate surface area is 122 Å². The number of fused-ring (bicyclic) bond motifs is 1. The number of hydrogen-bond donors (Lipinski definition) is 1. The lowest BCUT2D eigenvalue weighted by Crippen LogP contribution is -2.16. The van der Waals surface area contributed by atoms with Crippen LogP contribution in [-0.2, 0) is 9.84 Å². The molecule has 0 spiro atoms. The Bertz CT molecular complexity index is 769. The fourth-order valence-corrected chi connectivity index (χ4v) is 4.10. The molecule has 2 aromatic rings. The molecule has 2 N–H and O–H groups in total. The van der Waals surface area contributed by atoms with Crippen LogP contribution in [0.15, 0.2) is 47.4 Å². The van der Waals surface area contributed by atoms with Crippen molar-refractivity contribution in [2.45, 2.75) is 10.8 Å². The standard InChI is InChI=1S/C15H14FNO3S/c16-11-5-12(17)7-13(6-11)21(18,19)9-10-8-20-15-4-2-1-3-14(10)15/h1-7,10H,8-9,17H2. The Morgan fingerprint density at radius 2 is 2.00 bits per heavy atom. The molecule has 1 heterocycles. The summed E-state index contributed by atoms with van der Waals surface area (Å²) in [4.78, 5) is -0.0932. The van der Waals surface area contributed by atoms with E-state index >= 15 is 0 Å². The molecule has 1 atom stereocenters. The summed E-state index contributed by atoms with van der Waals surface area (Å²) in [7, 11) is -3.63. The van der Waals surface area contributed by atoms with Gasteiger partial charge in [-0.3, -0.25) is 0 Å². The zero-order chi connectivity index (χ0) is 15.0. The van der Waals surface area contributed by atoms with E-state index in [1.54, 1.807) is 0 Å². The van der Waals surface area contributed by atoms with Crippen LogP contribution >= 0.6 is 0 Å². The van der Waals surface area contributed by atoms with Crippen LogP contribution in [0.2, 0.25) is 0 Å². The first-order valence-corrected chi connectivity index (χ1v) is 8.11. The van der Waals surface area contributed by atoms with Crippen molar-refractivity contribution in [3.05, 3.63) is 53.8 Å². The van der Waals surface area contributed by atoms with E-state index in [1.165, 1.54) is 6.07 Å². The summed E-state index contributed by atoms with van der Waals surface area (Å²) in [6.45, 7) is 0.309. The van der Waals surface area contributed by atoms with E-state index in [0.29, 0.717) is 12.4 Å². The van der Waals surface area contributed by atoms with Crippen molar-refractivity contribution in [3.8, 4) is 5.75 Å². The number of sulfone groups is 1. The van der Waals surface area contributed by atoms with E-state index in [0.717, 1.165) is 17.7 Å². The van der Waals surface area contributed by atoms with Crippen LogP contribution in [0.5, 0.6) is 5.75 Å². The Hall–Kier alpha value is -2.08. The van der Waals surface area contributed by atoms with Crippen molar-refractivity contribution in [1.82, 2.24) is 0 Å². The first kappa shape index (κ1) is 13.9. The molecule has 0 bridgehead atoms. The third-order valence-electron chi connectivity index (χ3n) is 3.47. The Morgan fingerprint density at radius 1 is 1.24 bits per heavy atom. The van der Waals surface area contributed by atoms with Crippen molar-refractivity contribution in [2.75, 3.05) is 18.1 Å². The molecule has 0 radical (unpaired) electrons. The van der Waals surface area contributed by atoms with Crippen LogP contribution in [-0.4, -0.2) is 20.8 Å². The van der Waals surface area contributed by atoms with Gasteiger partial charge >= 0.3 is 0 Å². The van der Waals surface area contributed by atoms with Gasteiger partial charge in [0.05, 0.1) is 17.3 Å². The minimum absolute atomic E-state index is 0.0932. The lowest BCUT2D eigenvalue weighted by Gasteiger charge is -2.10. The molecule has 110 valence electrons. The van der Waals surface area contributed by atoms with Gasteiger partial charge in [-0.1, -0.05) is 18.2 Å². The summed E-state index contributed by atoms with van der Waals surface area (Å²) in [5.41, 5.74) is 6.47. The van der Waals surface area contributed by atoms with Crippen LogP contribution in [0.3, 0.4) is 0 Å².